The molecule has 0 atom stereocenters. The van der Waals surface area contributed by atoms with Crippen LogP contribution >= 0.6 is 11.3 Å². The van der Waals surface area contributed by atoms with E-state index in [9.17, 15) is 0 Å². The number of tetrazole rings is 1. The summed E-state index contributed by atoms with van der Waals surface area (Å²) >= 11 is 1.85. The number of fused-ring (bicyclic) bond motifs is 1. The molecule has 7 heteroatoms. The van der Waals surface area contributed by atoms with E-state index in [4.69, 9.17) is 4.98 Å². The zero-order valence-corrected chi connectivity index (χ0v) is 15.8. The second-order valence-electron chi connectivity index (χ2n) is 7.75. The van der Waals surface area contributed by atoms with Crippen molar-refractivity contribution in [2.75, 3.05) is 13.1 Å². The highest BCUT2D eigenvalue weighted by atomic mass is 32.1. The third-order valence-corrected chi connectivity index (χ3v) is 5.98. The third kappa shape index (κ3) is 3.43. The van der Waals surface area contributed by atoms with Crippen molar-refractivity contribution >= 4 is 21.6 Å². The minimum atomic E-state index is -0.0852. The van der Waals surface area contributed by atoms with E-state index in [1.807, 2.05) is 16.0 Å². The number of para-hydroxylation sites is 1. The Morgan fingerprint density at radius 2 is 1.92 bits per heavy atom. The first-order chi connectivity index (χ1) is 12.0. The van der Waals surface area contributed by atoms with Gasteiger partial charge in [-0.25, -0.2) is 9.67 Å². The normalized spacial score (nSPS) is 17.4. The summed E-state index contributed by atoms with van der Waals surface area (Å²) in [6.07, 6.45) is 2.30. The average molecular weight is 356 g/mol. The standard InChI is InChI=1S/C18H24N6S/c1-18(2,3)24-16(20-21-22-24)12-23-10-8-13(9-11-23)17-19-14-6-4-5-7-15(14)25-17/h4-7,13H,8-12H2,1-3H3. The molecule has 0 unspecified atom stereocenters. The number of aromatic nitrogens is 5. The monoisotopic (exact) mass is 356 g/mol. The summed E-state index contributed by atoms with van der Waals surface area (Å²) in [7, 11) is 0. The molecule has 1 saturated heterocycles. The number of benzene rings is 1. The van der Waals surface area contributed by atoms with Crippen LogP contribution in [0.5, 0.6) is 0 Å². The van der Waals surface area contributed by atoms with Gasteiger partial charge in [-0.1, -0.05) is 12.1 Å². The van der Waals surface area contributed by atoms with Gasteiger partial charge in [-0.05, 0) is 69.3 Å². The van der Waals surface area contributed by atoms with Crippen LogP contribution in [0.15, 0.2) is 24.3 Å². The van der Waals surface area contributed by atoms with Crippen molar-refractivity contribution in [3.05, 3.63) is 35.1 Å². The van der Waals surface area contributed by atoms with E-state index in [1.165, 1.54) is 9.71 Å². The van der Waals surface area contributed by atoms with Crippen molar-refractivity contribution in [3.8, 4) is 0 Å². The van der Waals surface area contributed by atoms with E-state index >= 15 is 0 Å². The highest BCUT2D eigenvalue weighted by molar-refractivity contribution is 7.18. The van der Waals surface area contributed by atoms with Gasteiger partial charge in [0.25, 0.3) is 0 Å². The first kappa shape index (κ1) is 16.6. The first-order valence-electron chi connectivity index (χ1n) is 8.86. The van der Waals surface area contributed by atoms with Gasteiger partial charge in [-0.3, -0.25) is 4.90 Å². The zero-order valence-electron chi connectivity index (χ0n) is 15.0. The van der Waals surface area contributed by atoms with Crippen molar-refractivity contribution in [2.45, 2.75) is 51.6 Å². The smallest absolute Gasteiger partial charge is 0.165 e. The molecule has 4 rings (SSSR count). The lowest BCUT2D eigenvalue weighted by atomic mass is 9.97. The summed E-state index contributed by atoms with van der Waals surface area (Å²) in [6.45, 7) is 9.34. The number of piperidine rings is 1. The molecule has 0 amide bonds. The van der Waals surface area contributed by atoms with Crippen molar-refractivity contribution in [3.63, 3.8) is 0 Å². The highest BCUT2D eigenvalue weighted by Gasteiger charge is 2.26. The van der Waals surface area contributed by atoms with Crippen LogP contribution in [0.2, 0.25) is 0 Å². The second-order valence-corrected chi connectivity index (χ2v) is 8.81. The molecule has 0 bridgehead atoms. The Labute approximate surface area is 151 Å². The number of thiazole rings is 1. The second kappa shape index (κ2) is 6.46. The largest absolute Gasteiger partial charge is 0.296 e. The molecule has 3 aromatic rings. The van der Waals surface area contributed by atoms with Crippen molar-refractivity contribution < 1.29 is 0 Å². The lowest BCUT2D eigenvalue weighted by molar-refractivity contribution is 0.190. The fourth-order valence-electron chi connectivity index (χ4n) is 3.43. The topological polar surface area (TPSA) is 59.7 Å². The van der Waals surface area contributed by atoms with E-state index in [2.05, 4.69) is 65.5 Å². The number of hydrogen-bond acceptors (Lipinski definition) is 6. The van der Waals surface area contributed by atoms with E-state index in [0.717, 1.165) is 43.8 Å². The van der Waals surface area contributed by atoms with Gasteiger partial charge >= 0.3 is 0 Å². The Hall–Kier alpha value is -1.86. The molecule has 0 radical (unpaired) electrons. The minimum Gasteiger partial charge on any atom is -0.296 e. The number of nitrogens with zero attached hydrogens (tertiary/aromatic N) is 6. The van der Waals surface area contributed by atoms with Crippen LogP contribution in [0.1, 0.15) is 50.4 Å². The highest BCUT2D eigenvalue weighted by Crippen LogP contribution is 2.34. The van der Waals surface area contributed by atoms with Crippen LogP contribution in [0.25, 0.3) is 10.2 Å². The Kier molecular flexibility index (Phi) is 4.29. The van der Waals surface area contributed by atoms with Gasteiger partial charge < -0.3 is 0 Å². The Bertz CT molecular complexity index is 821. The first-order valence-corrected chi connectivity index (χ1v) is 9.68. The molecule has 0 N–H and O–H groups in total. The predicted octanol–water partition coefficient (Wildman–Crippen LogP) is 3.42. The Morgan fingerprint density at radius 1 is 1.16 bits per heavy atom. The van der Waals surface area contributed by atoms with E-state index in [0.29, 0.717) is 5.92 Å². The fraction of sp³-hybridized carbons (Fsp3) is 0.556. The quantitative estimate of drug-likeness (QED) is 0.720. The maximum absolute atomic E-state index is 4.85. The molecule has 1 aliphatic rings. The Morgan fingerprint density at radius 3 is 2.64 bits per heavy atom. The molecule has 132 valence electrons. The predicted molar refractivity (Wildman–Crippen MR) is 99.7 cm³/mol. The maximum atomic E-state index is 4.85. The lowest BCUT2D eigenvalue weighted by Gasteiger charge is -2.31. The molecule has 0 spiro atoms. The van der Waals surface area contributed by atoms with Gasteiger partial charge in [-0.15, -0.1) is 16.4 Å². The number of hydrogen-bond donors (Lipinski definition) is 0. The van der Waals surface area contributed by atoms with Crippen LogP contribution < -0.4 is 0 Å². The number of likely N-dealkylation sites (tertiary alicyclic amines) is 1. The summed E-state index contributed by atoms with van der Waals surface area (Å²) in [5, 5.41) is 13.6. The molecule has 6 nitrogen and oxygen atoms in total. The number of rotatable bonds is 3. The average Bonchev–Trinajstić information content (AvgIpc) is 3.21. The van der Waals surface area contributed by atoms with Gasteiger partial charge in [-0.2, -0.15) is 0 Å². The SMILES string of the molecule is CC(C)(C)n1nnnc1CN1CCC(c2nc3ccccc3s2)CC1. The van der Waals surface area contributed by atoms with Crippen LogP contribution in [0.4, 0.5) is 0 Å². The van der Waals surface area contributed by atoms with Crippen LogP contribution in [-0.4, -0.2) is 43.2 Å². The fourth-order valence-corrected chi connectivity index (χ4v) is 4.56. The van der Waals surface area contributed by atoms with Gasteiger partial charge in [0, 0.05) is 5.92 Å². The Balaban J connectivity index is 1.41. The van der Waals surface area contributed by atoms with Gasteiger partial charge in [0.1, 0.15) is 0 Å². The van der Waals surface area contributed by atoms with Crippen LogP contribution in [-0.2, 0) is 12.1 Å². The molecule has 0 aliphatic carbocycles. The maximum Gasteiger partial charge on any atom is 0.165 e. The summed E-state index contributed by atoms with van der Waals surface area (Å²) in [5.74, 6) is 1.53. The van der Waals surface area contributed by atoms with E-state index < -0.39 is 0 Å². The van der Waals surface area contributed by atoms with E-state index in [1.54, 1.807) is 0 Å². The zero-order chi connectivity index (χ0) is 17.4. The summed E-state index contributed by atoms with van der Waals surface area (Å²) in [4.78, 5) is 7.30. The molecule has 1 aromatic carbocycles. The molecule has 1 aliphatic heterocycles. The molecule has 1 fully saturated rings. The minimum absolute atomic E-state index is 0.0852. The summed E-state index contributed by atoms with van der Waals surface area (Å²) in [5.41, 5.74) is 1.05. The molecular weight excluding hydrogens is 332 g/mol. The van der Waals surface area contributed by atoms with Crippen LogP contribution in [0.3, 0.4) is 0 Å². The lowest BCUT2D eigenvalue weighted by Crippen LogP contribution is -2.35. The summed E-state index contributed by atoms with van der Waals surface area (Å²) in [6, 6.07) is 8.43. The van der Waals surface area contributed by atoms with Crippen molar-refractivity contribution in [1.82, 2.24) is 30.1 Å². The van der Waals surface area contributed by atoms with E-state index in [-0.39, 0.29) is 5.54 Å². The van der Waals surface area contributed by atoms with Crippen molar-refractivity contribution in [2.24, 2.45) is 0 Å². The molecule has 3 heterocycles. The van der Waals surface area contributed by atoms with Gasteiger partial charge in [0.2, 0.25) is 0 Å². The van der Waals surface area contributed by atoms with Gasteiger partial charge in [0.05, 0.1) is 27.3 Å². The van der Waals surface area contributed by atoms with Gasteiger partial charge in [0.15, 0.2) is 5.82 Å². The third-order valence-electron chi connectivity index (χ3n) is 4.78. The van der Waals surface area contributed by atoms with Crippen molar-refractivity contribution in [1.29, 1.82) is 0 Å². The molecular formula is C18H24N6S. The molecule has 0 saturated carbocycles. The molecule has 2 aromatic heterocycles. The molecule has 25 heavy (non-hydrogen) atoms. The van der Waals surface area contributed by atoms with Crippen LogP contribution in [0, 0.1) is 0 Å². The summed E-state index contributed by atoms with van der Waals surface area (Å²) < 4.78 is 3.23.